The van der Waals surface area contributed by atoms with E-state index in [9.17, 15) is 13.2 Å². The molecule has 0 saturated heterocycles. The lowest BCUT2D eigenvalue weighted by Gasteiger charge is -2.11. The summed E-state index contributed by atoms with van der Waals surface area (Å²) in [7, 11) is 0. The topological polar surface area (TPSA) is 33.0 Å². The van der Waals surface area contributed by atoms with Crippen LogP contribution in [0.5, 0.6) is 5.75 Å². The van der Waals surface area contributed by atoms with E-state index in [1.165, 1.54) is 18.2 Å². The highest BCUT2D eigenvalue weighted by molar-refractivity contribution is 5.69. The van der Waals surface area contributed by atoms with Crippen LogP contribution in [0.2, 0.25) is 0 Å². The Morgan fingerprint density at radius 3 is 2.45 bits per heavy atom. The number of halogens is 3. The number of hydrogen-bond acceptors (Lipinski definition) is 2. The van der Waals surface area contributed by atoms with Gasteiger partial charge in [0.05, 0.1) is 11.6 Å². The van der Waals surface area contributed by atoms with E-state index < -0.39 is 6.36 Å². The van der Waals surface area contributed by atoms with Crippen LogP contribution in [0.1, 0.15) is 11.1 Å². The molecule has 0 unspecified atom stereocenters. The van der Waals surface area contributed by atoms with Crippen LogP contribution in [-0.2, 0) is 0 Å². The summed E-state index contributed by atoms with van der Waals surface area (Å²) in [6, 6.07) is 12.8. The predicted octanol–water partition coefficient (Wildman–Crippen LogP) is 4.43. The molecule has 0 radical (unpaired) electrons. The first-order valence-electron chi connectivity index (χ1n) is 5.76. The van der Waals surface area contributed by atoms with Gasteiger partial charge in [0.25, 0.3) is 0 Å². The highest BCUT2D eigenvalue weighted by atomic mass is 19.4. The van der Waals surface area contributed by atoms with Crippen LogP contribution < -0.4 is 4.74 Å². The van der Waals surface area contributed by atoms with Crippen molar-refractivity contribution in [3.05, 3.63) is 53.6 Å². The quantitative estimate of drug-likeness (QED) is 0.813. The van der Waals surface area contributed by atoms with Gasteiger partial charge in [-0.2, -0.15) is 5.26 Å². The van der Waals surface area contributed by atoms with E-state index in [1.54, 1.807) is 31.2 Å². The zero-order valence-corrected chi connectivity index (χ0v) is 10.5. The smallest absolute Gasteiger partial charge is 0.406 e. The molecular weight excluding hydrogens is 267 g/mol. The van der Waals surface area contributed by atoms with Crippen molar-refractivity contribution < 1.29 is 17.9 Å². The van der Waals surface area contributed by atoms with Crippen molar-refractivity contribution >= 4 is 0 Å². The van der Waals surface area contributed by atoms with Gasteiger partial charge in [-0.1, -0.05) is 18.2 Å². The molecule has 2 nitrogen and oxygen atoms in total. The summed E-state index contributed by atoms with van der Waals surface area (Å²) in [6.45, 7) is 1.80. The van der Waals surface area contributed by atoms with Crippen LogP contribution in [0, 0.1) is 18.3 Å². The molecule has 2 aromatic carbocycles. The molecule has 0 amide bonds. The first-order chi connectivity index (χ1) is 9.39. The average Bonchev–Trinajstić information content (AvgIpc) is 2.36. The molecule has 102 valence electrons. The van der Waals surface area contributed by atoms with E-state index in [0.717, 1.165) is 11.1 Å². The second-order valence-corrected chi connectivity index (χ2v) is 4.22. The van der Waals surface area contributed by atoms with Crippen LogP contribution in [0.3, 0.4) is 0 Å². The van der Waals surface area contributed by atoms with E-state index in [0.29, 0.717) is 11.1 Å². The first kappa shape index (κ1) is 13.9. The van der Waals surface area contributed by atoms with Gasteiger partial charge in [0.15, 0.2) is 0 Å². The minimum atomic E-state index is -4.71. The summed E-state index contributed by atoms with van der Waals surface area (Å²) < 4.78 is 40.5. The third-order valence-electron chi connectivity index (χ3n) is 2.73. The number of aryl methyl sites for hydroxylation is 1. The summed E-state index contributed by atoms with van der Waals surface area (Å²) in [5.74, 6) is -0.265. The molecule has 0 heterocycles. The van der Waals surface area contributed by atoms with Gasteiger partial charge in [-0.05, 0) is 47.9 Å². The van der Waals surface area contributed by atoms with E-state index in [1.807, 2.05) is 6.07 Å². The zero-order valence-electron chi connectivity index (χ0n) is 10.5. The Morgan fingerprint density at radius 1 is 1.10 bits per heavy atom. The Balaban J connectivity index is 2.39. The van der Waals surface area contributed by atoms with Gasteiger partial charge < -0.3 is 4.74 Å². The summed E-state index contributed by atoms with van der Waals surface area (Å²) in [4.78, 5) is 0. The molecular formula is C15H10F3NO. The summed E-state index contributed by atoms with van der Waals surface area (Å²) in [5, 5.41) is 8.80. The largest absolute Gasteiger partial charge is 0.573 e. The standard InChI is InChI=1S/C15H10F3NO/c1-10-7-11(9-19)5-6-14(10)12-3-2-4-13(8-12)20-15(16,17)18/h2-8H,1H3. The van der Waals surface area contributed by atoms with Crippen LogP contribution in [-0.4, -0.2) is 6.36 Å². The van der Waals surface area contributed by atoms with E-state index >= 15 is 0 Å². The molecule has 2 rings (SSSR count). The lowest BCUT2D eigenvalue weighted by atomic mass is 9.98. The molecule has 0 aliphatic heterocycles. The normalized spacial score (nSPS) is 10.9. The van der Waals surface area contributed by atoms with Gasteiger partial charge in [-0.15, -0.1) is 13.2 Å². The molecule has 0 bridgehead atoms. The van der Waals surface area contributed by atoms with Gasteiger partial charge in [-0.3, -0.25) is 0 Å². The fourth-order valence-electron chi connectivity index (χ4n) is 1.92. The number of hydrogen-bond donors (Lipinski definition) is 0. The van der Waals surface area contributed by atoms with Crippen molar-refractivity contribution in [1.82, 2.24) is 0 Å². The average molecular weight is 277 g/mol. The predicted molar refractivity (Wildman–Crippen MR) is 68.0 cm³/mol. The van der Waals surface area contributed by atoms with Crippen molar-refractivity contribution in [2.24, 2.45) is 0 Å². The van der Waals surface area contributed by atoms with Crippen molar-refractivity contribution in [3.63, 3.8) is 0 Å². The number of alkyl halides is 3. The summed E-state index contributed by atoms with van der Waals surface area (Å²) >= 11 is 0. The monoisotopic (exact) mass is 277 g/mol. The maximum Gasteiger partial charge on any atom is 0.573 e. The number of ether oxygens (including phenoxy) is 1. The molecule has 0 aliphatic carbocycles. The SMILES string of the molecule is Cc1cc(C#N)ccc1-c1cccc(OC(F)(F)F)c1. The van der Waals surface area contributed by atoms with Crippen LogP contribution >= 0.6 is 0 Å². The number of nitrogens with zero attached hydrogens (tertiary/aromatic N) is 1. The van der Waals surface area contributed by atoms with Crippen molar-refractivity contribution in [1.29, 1.82) is 5.26 Å². The minimum Gasteiger partial charge on any atom is -0.406 e. The van der Waals surface area contributed by atoms with Gasteiger partial charge in [0, 0.05) is 0 Å². The third kappa shape index (κ3) is 3.29. The van der Waals surface area contributed by atoms with Crippen LogP contribution in [0.15, 0.2) is 42.5 Å². The molecule has 20 heavy (non-hydrogen) atoms. The molecule has 0 aliphatic rings. The molecule has 0 N–H and O–H groups in total. The zero-order chi connectivity index (χ0) is 14.8. The highest BCUT2D eigenvalue weighted by Gasteiger charge is 2.31. The Morgan fingerprint density at radius 2 is 1.85 bits per heavy atom. The van der Waals surface area contributed by atoms with Crippen LogP contribution in [0.4, 0.5) is 13.2 Å². The Bertz CT molecular complexity index is 672. The third-order valence-corrected chi connectivity index (χ3v) is 2.73. The van der Waals surface area contributed by atoms with Gasteiger partial charge in [-0.25, -0.2) is 0 Å². The lowest BCUT2D eigenvalue weighted by Crippen LogP contribution is -2.17. The van der Waals surface area contributed by atoms with E-state index in [4.69, 9.17) is 5.26 Å². The van der Waals surface area contributed by atoms with E-state index in [-0.39, 0.29) is 5.75 Å². The lowest BCUT2D eigenvalue weighted by molar-refractivity contribution is -0.274. The minimum absolute atomic E-state index is 0.265. The Kier molecular flexibility index (Phi) is 3.66. The Hall–Kier alpha value is -2.48. The highest BCUT2D eigenvalue weighted by Crippen LogP contribution is 2.29. The summed E-state index contributed by atoms with van der Waals surface area (Å²) in [5.41, 5.74) is 2.69. The molecule has 0 aromatic heterocycles. The van der Waals surface area contributed by atoms with E-state index in [2.05, 4.69) is 4.74 Å². The second-order valence-electron chi connectivity index (χ2n) is 4.22. The second kappa shape index (κ2) is 5.25. The van der Waals surface area contributed by atoms with Crippen molar-refractivity contribution in [2.75, 3.05) is 0 Å². The fraction of sp³-hybridized carbons (Fsp3) is 0.133. The van der Waals surface area contributed by atoms with Gasteiger partial charge in [0.2, 0.25) is 0 Å². The maximum absolute atomic E-state index is 12.2. The number of rotatable bonds is 2. The molecule has 0 atom stereocenters. The molecule has 0 spiro atoms. The van der Waals surface area contributed by atoms with Gasteiger partial charge in [0.1, 0.15) is 5.75 Å². The van der Waals surface area contributed by atoms with Crippen LogP contribution in [0.25, 0.3) is 11.1 Å². The van der Waals surface area contributed by atoms with Gasteiger partial charge >= 0.3 is 6.36 Å². The van der Waals surface area contributed by atoms with Crippen molar-refractivity contribution in [2.45, 2.75) is 13.3 Å². The molecule has 0 saturated carbocycles. The van der Waals surface area contributed by atoms with Crippen molar-refractivity contribution in [3.8, 4) is 22.9 Å². The molecule has 0 fully saturated rings. The number of nitriles is 1. The molecule has 5 heteroatoms. The number of benzene rings is 2. The first-order valence-corrected chi connectivity index (χ1v) is 5.76. The molecule has 2 aromatic rings. The Labute approximate surface area is 114 Å². The maximum atomic E-state index is 12.2. The summed E-state index contributed by atoms with van der Waals surface area (Å²) in [6.07, 6.45) is -4.71. The fourth-order valence-corrected chi connectivity index (χ4v) is 1.92.